The van der Waals surface area contributed by atoms with E-state index in [4.69, 9.17) is 10.2 Å². The fourth-order valence-electron chi connectivity index (χ4n) is 1.73. The van der Waals surface area contributed by atoms with Crippen LogP contribution >= 0.6 is 0 Å². The van der Waals surface area contributed by atoms with Crippen LogP contribution in [0.5, 0.6) is 0 Å². The Morgan fingerprint density at radius 2 is 2.47 bits per heavy atom. The van der Waals surface area contributed by atoms with Crippen LogP contribution in [0.25, 0.3) is 0 Å². The second-order valence-corrected chi connectivity index (χ2v) is 3.71. The molecule has 0 aromatic carbocycles. The van der Waals surface area contributed by atoms with Crippen molar-refractivity contribution < 1.29 is 15.0 Å². The molecule has 0 aromatic rings. The van der Waals surface area contributed by atoms with E-state index in [0.29, 0.717) is 25.2 Å². The molecule has 5 heteroatoms. The first-order valence-corrected chi connectivity index (χ1v) is 4.87. The number of carboxylic acid groups (broad SMARTS) is 1. The molecule has 0 bridgehead atoms. The molecule has 0 unspecified atom stereocenters. The fourth-order valence-corrected chi connectivity index (χ4v) is 1.73. The molecule has 0 aliphatic carbocycles. The maximum absolute atomic E-state index is 10.7. The number of rotatable bonds is 6. The summed E-state index contributed by atoms with van der Waals surface area (Å²) < 4.78 is 0. The van der Waals surface area contributed by atoms with Crippen molar-refractivity contribution in [1.82, 2.24) is 5.32 Å². The SMILES string of the molecule is C=CC[C@]1(CC(=O)O)CN=C(CCO)N1. The average molecular weight is 212 g/mol. The maximum Gasteiger partial charge on any atom is 0.305 e. The lowest BCUT2D eigenvalue weighted by Crippen LogP contribution is -2.47. The number of carbonyl (C=O) groups is 1. The van der Waals surface area contributed by atoms with Crippen molar-refractivity contribution in [3.05, 3.63) is 12.7 Å². The zero-order chi connectivity index (χ0) is 11.3. The van der Waals surface area contributed by atoms with E-state index in [1.54, 1.807) is 6.08 Å². The van der Waals surface area contributed by atoms with Crippen LogP contribution in [-0.2, 0) is 4.79 Å². The van der Waals surface area contributed by atoms with Crippen LogP contribution in [0.2, 0.25) is 0 Å². The van der Waals surface area contributed by atoms with Crippen LogP contribution in [-0.4, -0.2) is 40.7 Å². The molecule has 3 N–H and O–H groups in total. The summed E-state index contributed by atoms with van der Waals surface area (Å²) in [6.07, 6.45) is 2.70. The molecule has 84 valence electrons. The lowest BCUT2D eigenvalue weighted by Gasteiger charge is -2.26. The number of hydrogen-bond donors (Lipinski definition) is 3. The van der Waals surface area contributed by atoms with E-state index < -0.39 is 11.5 Å². The van der Waals surface area contributed by atoms with Gasteiger partial charge in [0, 0.05) is 6.42 Å². The first-order chi connectivity index (χ1) is 7.12. The van der Waals surface area contributed by atoms with Crippen molar-refractivity contribution >= 4 is 11.8 Å². The topological polar surface area (TPSA) is 81.9 Å². The summed E-state index contributed by atoms with van der Waals surface area (Å²) in [6.45, 7) is 4.06. The summed E-state index contributed by atoms with van der Waals surface area (Å²) in [4.78, 5) is 14.9. The molecular formula is C10H16N2O3. The standard InChI is InChI=1S/C10H16N2O3/c1-2-4-10(6-9(14)15)7-11-8(12-10)3-5-13/h2,13H,1,3-7H2,(H,11,12)(H,14,15)/t10-/m0/s1. The van der Waals surface area contributed by atoms with E-state index in [0.717, 1.165) is 0 Å². The van der Waals surface area contributed by atoms with Crippen LogP contribution < -0.4 is 5.32 Å². The van der Waals surface area contributed by atoms with Crippen LogP contribution in [0.1, 0.15) is 19.3 Å². The summed E-state index contributed by atoms with van der Waals surface area (Å²) in [5.74, 6) is -0.176. The second kappa shape index (κ2) is 4.93. The van der Waals surface area contributed by atoms with Crippen molar-refractivity contribution in [2.45, 2.75) is 24.8 Å². The van der Waals surface area contributed by atoms with Gasteiger partial charge >= 0.3 is 5.97 Å². The van der Waals surface area contributed by atoms with Gasteiger partial charge in [-0.25, -0.2) is 0 Å². The van der Waals surface area contributed by atoms with Gasteiger partial charge in [-0.15, -0.1) is 6.58 Å². The number of hydrogen-bond acceptors (Lipinski definition) is 4. The Morgan fingerprint density at radius 1 is 1.73 bits per heavy atom. The van der Waals surface area contributed by atoms with E-state index in [-0.39, 0.29) is 13.0 Å². The van der Waals surface area contributed by atoms with Gasteiger partial charge in [-0.1, -0.05) is 6.08 Å². The van der Waals surface area contributed by atoms with Gasteiger partial charge in [-0.3, -0.25) is 9.79 Å². The molecule has 0 radical (unpaired) electrons. The Morgan fingerprint density at radius 3 is 3.00 bits per heavy atom. The molecule has 1 heterocycles. The van der Waals surface area contributed by atoms with Crippen LogP contribution in [0.3, 0.4) is 0 Å². The molecule has 0 spiro atoms. The van der Waals surface area contributed by atoms with Crippen molar-refractivity contribution in [1.29, 1.82) is 0 Å². The highest BCUT2D eigenvalue weighted by Crippen LogP contribution is 2.21. The first kappa shape index (κ1) is 11.7. The zero-order valence-electron chi connectivity index (χ0n) is 8.57. The van der Waals surface area contributed by atoms with E-state index in [1.807, 2.05) is 0 Å². The predicted octanol–water partition coefficient (Wildman–Crippen LogP) is 0.160. The number of nitrogens with one attached hydrogen (secondary N) is 1. The van der Waals surface area contributed by atoms with Crippen molar-refractivity contribution in [2.75, 3.05) is 13.2 Å². The van der Waals surface area contributed by atoms with Crippen LogP contribution in [0.15, 0.2) is 17.6 Å². The molecule has 0 amide bonds. The molecule has 0 aromatic heterocycles. The summed E-state index contributed by atoms with van der Waals surface area (Å²) in [7, 11) is 0. The smallest absolute Gasteiger partial charge is 0.305 e. The van der Waals surface area contributed by atoms with Crippen LogP contribution in [0.4, 0.5) is 0 Å². The molecule has 0 saturated heterocycles. The largest absolute Gasteiger partial charge is 0.481 e. The normalized spacial score (nSPS) is 24.5. The van der Waals surface area contributed by atoms with Gasteiger partial charge in [0.15, 0.2) is 0 Å². The van der Waals surface area contributed by atoms with Crippen molar-refractivity contribution in [3.63, 3.8) is 0 Å². The lowest BCUT2D eigenvalue weighted by atomic mass is 9.92. The fraction of sp³-hybridized carbons (Fsp3) is 0.600. The van der Waals surface area contributed by atoms with Gasteiger partial charge < -0.3 is 15.5 Å². The Labute approximate surface area is 88.5 Å². The minimum absolute atomic E-state index is 0.0114. The summed E-state index contributed by atoms with van der Waals surface area (Å²) in [5.41, 5.74) is -0.544. The minimum atomic E-state index is -0.857. The number of amidine groups is 1. The predicted molar refractivity (Wildman–Crippen MR) is 56.9 cm³/mol. The van der Waals surface area contributed by atoms with Gasteiger partial charge in [-0.05, 0) is 6.42 Å². The molecular weight excluding hydrogens is 196 g/mol. The quantitative estimate of drug-likeness (QED) is 0.548. The van der Waals surface area contributed by atoms with Gasteiger partial charge in [-0.2, -0.15) is 0 Å². The third-order valence-electron chi connectivity index (χ3n) is 2.36. The van der Waals surface area contributed by atoms with Crippen molar-refractivity contribution in [3.8, 4) is 0 Å². The second-order valence-electron chi connectivity index (χ2n) is 3.71. The highest BCUT2D eigenvalue weighted by atomic mass is 16.4. The van der Waals surface area contributed by atoms with Gasteiger partial charge in [0.25, 0.3) is 0 Å². The highest BCUT2D eigenvalue weighted by molar-refractivity contribution is 5.86. The number of aliphatic carboxylic acids is 1. The molecule has 0 saturated carbocycles. The van der Waals surface area contributed by atoms with Gasteiger partial charge in [0.1, 0.15) is 0 Å². The number of aliphatic imine (C=N–C) groups is 1. The molecule has 1 aliphatic rings. The number of aliphatic hydroxyl groups is 1. The molecule has 5 nitrogen and oxygen atoms in total. The molecule has 1 aliphatic heterocycles. The van der Waals surface area contributed by atoms with Gasteiger partial charge in [0.2, 0.25) is 0 Å². The lowest BCUT2D eigenvalue weighted by molar-refractivity contribution is -0.138. The average Bonchev–Trinajstić information content (AvgIpc) is 2.49. The van der Waals surface area contributed by atoms with E-state index in [2.05, 4.69) is 16.9 Å². The minimum Gasteiger partial charge on any atom is -0.481 e. The van der Waals surface area contributed by atoms with E-state index in [1.165, 1.54) is 0 Å². The molecule has 0 fully saturated rings. The first-order valence-electron chi connectivity index (χ1n) is 4.87. The number of carboxylic acids is 1. The number of nitrogens with zero attached hydrogens (tertiary/aromatic N) is 1. The van der Waals surface area contributed by atoms with E-state index in [9.17, 15) is 4.79 Å². The Hall–Kier alpha value is -1.36. The van der Waals surface area contributed by atoms with E-state index >= 15 is 0 Å². The van der Waals surface area contributed by atoms with Gasteiger partial charge in [0.05, 0.1) is 30.9 Å². The summed E-state index contributed by atoms with van der Waals surface area (Å²) in [5, 5.41) is 20.6. The third-order valence-corrected chi connectivity index (χ3v) is 2.36. The summed E-state index contributed by atoms with van der Waals surface area (Å²) >= 11 is 0. The highest BCUT2D eigenvalue weighted by Gasteiger charge is 2.36. The third kappa shape index (κ3) is 3.06. The number of aliphatic hydroxyl groups excluding tert-OH is 1. The zero-order valence-corrected chi connectivity index (χ0v) is 8.57. The molecule has 1 rings (SSSR count). The summed E-state index contributed by atoms with van der Waals surface area (Å²) in [6, 6.07) is 0. The Kier molecular flexibility index (Phi) is 3.85. The monoisotopic (exact) mass is 212 g/mol. The molecule has 1 atom stereocenters. The van der Waals surface area contributed by atoms with Crippen LogP contribution in [0, 0.1) is 0 Å². The van der Waals surface area contributed by atoms with Crippen molar-refractivity contribution in [2.24, 2.45) is 4.99 Å². The Bertz CT molecular complexity index is 288. The maximum atomic E-state index is 10.7. The molecule has 15 heavy (non-hydrogen) atoms. The Balaban J connectivity index is 2.63.